The van der Waals surface area contributed by atoms with E-state index in [9.17, 15) is 18.3 Å². The van der Waals surface area contributed by atoms with Crippen molar-refractivity contribution in [2.24, 2.45) is 0 Å². The first kappa shape index (κ1) is 17.7. The summed E-state index contributed by atoms with van der Waals surface area (Å²) in [6.45, 7) is 3.08. The number of carbonyl (C=O) groups excluding carboxylic acids is 1. The molecule has 1 amide bonds. The molecular formula is C16H24N2O4S. The van der Waals surface area contributed by atoms with Crippen LogP contribution in [0.15, 0.2) is 23.1 Å². The lowest BCUT2D eigenvalue weighted by molar-refractivity contribution is -0.116. The Hall–Kier alpha value is -1.60. The SMILES string of the molecule is CCCCCC(=O)Nc1cc(S(=O)(=O)N2CCCC2)ccc1O. The minimum atomic E-state index is -3.56. The van der Waals surface area contributed by atoms with Crippen LogP contribution in [0.1, 0.15) is 45.4 Å². The molecule has 1 fully saturated rings. The maximum Gasteiger partial charge on any atom is 0.243 e. The molecule has 0 radical (unpaired) electrons. The van der Waals surface area contributed by atoms with Gasteiger partial charge in [-0.1, -0.05) is 19.8 Å². The largest absolute Gasteiger partial charge is 0.506 e. The van der Waals surface area contributed by atoms with Gasteiger partial charge in [0.1, 0.15) is 5.75 Å². The highest BCUT2D eigenvalue weighted by Gasteiger charge is 2.27. The van der Waals surface area contributed by atoms with E-state index in [2.05, 4.69) is 12.2 Å². The van der Waals surface area contributed by atoms with E-state index in [-0.39, 0.29) is 22.2 Å². The standard InChI is InChI=1S/C16H24N2O4S/c1-2-3-4-7-16(20)17-14-12-13(8-9-15(14)19)23(21,22)18-10-5-6-11-18/h8-9,12,19H,2-7,10-11H2,1H3,(H,17,20). The fourth-order valence-corrected chi connectivity index (χ4v) is 4.15. The fraction of sp³-hybridized carbons (Fsp3) is 0.562. The zero-order chi connectivity index (χ0) is 16.9. The number of hydrogen-bond acceptors (Lipinski definition) is 4. The van der Waals surface area contributed by atoms with Crippen molar-refractivity contribution in [3.05, 3.63) is 18.2 Å². The van der Waals surface area contributed by atoms with Gasteiger partial charge >= 0.3 is 0 Å². The molecule has 0 atom stereocenters. The van der Waals surface area contributed by atoms with Gasteiger partial charge in [-0.15, -0.1) is 0 Å². The van der Waals surface area contributed by atoms with Crippen LogP contribution in [0.25, 0.3) is 0 Å². The predicted octanol–water partition coefficient (Wildman–Crippen LogP) is 2.70. The summed E-state index contributed by atoms with van der Waals surface area (Å²) in [6.07, 6.45) is 4.83. The van der Waals surface area contributed by atoms with E-state index in [4.69, 9.17) is 0 Å². The van der Waals surface area contributed by atoms with Crippen molar-refractivity contribution in [2.45, 2.75) is 50.3 Å². The second-order valence-electron chi connectivity index (χ2n) is 5.80. The monoisotopic (exact) mass is 340 g/mol. The molecule has 1 aliphatic rings. The minimum Gasteiger partial charge on any atom is -0.506 e. The zero-order valence-electron chi connectivity index (χ0n) is 13.4. The van der Waals surface area contributed by atoms with Crippen molar-refractivity contribution in [1.82, 2.24) is 4.31 Å². The van der Waals surface area contributed by atoms with Crippen LogP contribution in [-0.4, -0.2) is 36.8 Å². The van der Waals surface area contributed by atoms with Gasteiger partial charge < -0.3 is 10.4 Å². The first-order valence-corrected chi connectivity index (χ1v) is 9.52. The highest BCUT2D eigenvalue weighted by molar-refractivity contribution is 7.89. The fourth-order valence-electron chi connectivity index (χ4n) is 2.60. The average molecular weight is 340 g/mol. The Morgan fingerprint density at radius 2 is 1.96 bits per heavy atom. The van der Waals surface area contributed by atoms with Crippen molar-refractivity contribution in [2.75, 3.05) is 18.4 Å². The summed E-state index contributed by atoms with van der Waals surface area (Å²) in [5, 5.41) is 12.5. The smallest absolute Gasteiger partial charge is 0.243 e. The van der Waals surface area contributed by atoms with E-state index in [0.29, 0.717) is 19.5 Å². The number of phenols is 1. The summed E-state index contributed by atoms with van der Waals surface area (Å²) in [5.41, 5.74) is 0.145. The molecule has 1 saturated heterocycles. The number of phenolic OH excluding ortho intramolecular Hbond substituents is 1. The lowest BCUT2D eigenvalue weighted by Crippen LogP contribution is -2.27. The second-order valence-corrected chi connectivity index (χ2v) is 7.73. The maximum absolute atomic E-state index is 12.5. The molecule has 1 aromatic rings. The van der Waals surface area contributed by atoms with Gasteiger partial charge in [-0.25, -0.2) is 8.42 Å². The Labute approximate surface area is 137 Å². The molecule has 1 heterocycles. The molecule has 6 nitrogen and oxygen atoms in total. The lowest BCUT2D eigenvalue weighted by atomic mass is 10.2. The van der Waals surface area contributed by atoms with Crippen molar-refractivity contribution in [3.8, 4) is 5.75 Å². The molecule has 0 aliphatic carbocycles. The first-order chi connectivity index (χ1) is 10.9. The molecule has 128 valence electrons. The summed E-state index contributed by atoms with van der Waals surface area (Å²) >= 11 is 0. The summed E-state index contributed by atoms with van der Waals surface area (Å²) in [4.78, 5) is 12.0. The molecule has 7 heteroatoms. The van der Waals surface area contributed by atoms with E-state index in [1.165, 1.54) is 22.5 Å². The van der Waals surface area contributed by atoms with E-state index in [0.717, 1.165) is 32.1 Å². The Balaban J connectivity index is 2.14. The van der Waals surface area contributed by atoms with E-state index >= 15 is 0 Å². The number of carbonyl (C=O) groups is 1. The molecule has 23 heavy (non-hydrogen) atoms. The quantitative estimate of drug-likeness (QED) is 0.590. The van der Waals surface area contributed by atoms with Crippen molar-refractivity contribution in [1.29, 1.82) is 0 Å². The van der Waals surface area contributed by atoms with Crippen LogP contribution in [-0.2, 0) is 14.8 Å². The highest BCUT2D eigenvalue weighted by atomic mass is 32.2. The molecule has 0 unspecified atom stereocenters. The molecule has 1 aliphatic heterocycles. The van der Waals surface area contributed by atoms with Crippen LogP contribution in [0.5, 0.6) is 5.75 Å². The summed E-state index contributed by atoms with van der Waals surface area (Å²) in [5.74, 6) is -0.348. The van der Waals surface area contributed by atoms with Crippen LogP contribution in [0, 0.1) is 0 Å². The zero-order valence-corrected chi connectivity index (χ0v) is 14.2. The summed E-state index contributed by atoms with van der Waals surface area (Å²) < 4.78 is 26.5. The van der Waals surface area contributed by atoms with Crippen LogP contribution in [0.2, 0.25) is 0 Å². The number of sulfonamides is 1. The van der Waals surface area contributed by atoms with Gasteiger partial charge in [0, 0.05) is 19.5 Å². The number of anilines is 1. The third-order valence-corrected chi connectivity index (χ3v) is 5.85. The molecular weight excluding hydrogens is 316 g/mol. The second kappa shape index (κ2) is 7.79. The van der Waals surface area contributed by atoms with Gasteiger partial charge in [-0.2, -0.15) is 4.31 Å². The van der Waals surface area contributed by atoms with Crippen molar-refractivity contribution < 1.29 is 18.3 Å². The van der Waals surface area contributed by atoms with Gasteiger partial charge in [0.15, 0.2) is 0 Å². The third-order valence-electron chi connectivity index (χ3n) is 3.95. The van der Waals surface area contributed by atoms with Crippen LogP contribution < -0.4 is 5.32 Å². The maximum atomic E-state index is 12.5. The van der Waals surface area contributed by atoms with E-state index < -0.39 is 10.0 Å². The average Bonchev–Trinajstić information content (AvgIpc) is 3.04. The van der Waals surface area contributed by atoms with Crippen LogP contribution in [0.3, 0.4) is 0 Å². The lowest BCUT2D eigenvalue weighted by Gasteiger charge is -2.16. The number of unbranched alkanes of at least 4 members (excludes halogenated alkanes) is 2. The van der Waals surface area contributed by atoms with Gasteiger partial charge in [-0.3, -0.25) is 4.79 Å². The first-order valence-electron chi connectivity index (χ1n) is 8.08. The highest BCUT2D eigenvalue weighted by Crippen LogP contribution is 2.29. The normalized spacial score (nSPS) is 15.7. The Morgan fingerprint density at radius 1 is 1.26 bits per heavy atom. The van der Waals surface area contributed by atoms with E-state index in [1.54, 1.807) is 0 Å². The number of benzene rings is 1. The Morgan fingerprint density at radius 3 is 2.61 bits per heavy atom. The Kier molecular flexibility index (Phi) is 6.01. The summed E-state index contributed by atoms with van der Waals surface area (Å²) in [7, 11) is -3.56. The predicted molar refractivity (Wildman–Crippen MR) is 88.9 cm³/mol. The molecule has 0 aromatic heterocycles. The van der Waals surface area contributed by atoms with Gasteiger partial charge in [-0.05, 0) is 37.5 Å². The number of nitrogens with one attached hydrogen (secondary N) is 1. The van der Waals surface area contributed by atoms with Gasteiger partial charge in [0.05, 0.1) is 10.6 Å². The van der Waals surface area contributed by atoms with Gasteiger partial charge in [0.25, 0.3) is 0 Å². The molecule has 0 saturated carbocycles. The number of hydrogen-bond donors (Lipinski definition) is 2. The number of aromatic hydroxyl groups is 1. The molecule has 0 bridgehead atoms. The summed E-state index contributed by atoms with van der Waals surface area (Å²) in [6, 6.07) is 4.01. The molecule has 1 aromatic carbocycles. The number of rotatable bonds is 7. The molecule has 0 spiro atoms. The molecule has 2 rings (SSSR count). The number of nitrogens with zero attached hydrogens (tertiary/aromatic N) is 1. The minimum absolute atomic E-state index is 0.0982. The van der Waals surface area contributed by atoms with Crippen molar-refractivity contribution >= 4 is 21.6 Å². The van der Waals surface area contributed by atoms with Crippen molar-refractivity contribution in [3.63, 3.8) is 0 Å². The van der Waals surface area contributed by atoms with Gasteiger partial charge in [0.2, 0.25) is 15.9 Å². The van der Waals surface area contributed by atoms with Crippen LogP contribution in [0.4, 0.5) is 5.69 Å². The number of amides is 1. The third kappa shape index (κ3) is 4.45. The molecule has 2 N–H and O–H groups in total. The van der Waals surface area contributed by atoms with E-state index in [1.807, 2.05) is 0 Å². The topological polar surface area (TPSA) is 86.7 Å². The Bertz CT molecular complexity index is 652. The van der Waals surface area contributed by atoms with Crippen LogP contribution >= 0.6 is 0 Å².